The van der Waals surface area contributed by atoms with Crippen molar-refractivity contribution in [3.05, 3.63) is 84.2 Å². The summed E-state index contributed by atoms with van der Waals surface area (Å²) in [5.74, 6) is -3.06. The standard InChI is InChI=1S/C24H19F2N5O3/c25-24(26)31-13-17(20(30-31)16-8-9-18-15(12-16)7-4-10-28-18)23(34)29-19(21(32)22(27)33)11-14-5-2-1-3-6-14/h1-10,12-13,19,24H,11H2,(H2,27,33)(H,29,34). The molecular weight excluding hydrogens is 444 g/mol. The van der Waals surface area contributed by atoms with Crippen LogP contribution < -0.4 is 11.1 Å². The highest BCUT2D eigenvalue weighted by Crippen LogP contribution is 2.27. The van der Waals surface area contributed by atoms with Crippen LogP contribution in [-0.4, -0.2) is 38.4 Å². The van der Waals surface area contributed by atoms with E-state index in [-0.39, 0.29) is 17.7 Å². The number of pyridine rings is 1. The lowest BCUT2D eigenvalue weighted by Gasteiger charge is -2.16. The van der Waals surface area contributed by atoms with Gasteiger partial charge in [0.05, 0.1) is 11.1 Å². The number of primary amides is 1. The monoisotopic (exact) mass is 463 g/mol. The Morgan fingerprint density at radius 2 is 1.79 bits per heavy atom. The lowest BCUT2D eigenvalue weighted by Crippen LogP contribution is -2.47. The molecule has 0 bridgehead atoms. The molecule has 10 heteroatoms. The lowest BCUT2D eigenvalue weighted by atomic mass is 10.0. The van der Waals surface area contributed by atoms with E-state index in [1.165, 1.54) is 0 Å². The maximum atomic E-state index is 13.4. The summed E-state index contributed by atoms with van der Waals surface area (Å²) < 4.78 is 27.2. The molecule has 0 saturated carbocycles. The average Bonchev–Trinajstić information content (AvgIpc) is 3.29. The molecule has 0 radical (unpaired) electrons. The fraction of sp³-hybridized carbons (Fsp3) is 0.125. The zero-order chi connectivity index (χ0) is 24.2. The number of carbonyl (C=O) groups excluding carboxylic acids is 3. The molecule has 2 aromatic heterocycles. The van der Waals surface area contributed by atoms with E-state index in [0.717, 1.165) is 11.6 Å². The first-order valence-corrected chi connectivity index (χ1v) is 10.2. The molecule has 0 aliphatic carbocycles. The highest BCUT2D eigenvalue weighted by Gasteiger charge is 2.28. The van der Waals surface area contributed by atoms with Gasteiger partial charge in [-0.15, -0.1) is 0 Å². The minimum absolute atomic E-state index is 0.00564. The van der Waals surface area contributed by atoms with E-state index >= 15 is 0 Å². The van der Waals surface area contributed by atoms with Gasteiger partial charge in [-0.1, -0.05) is 42.5 Å². The van der Waals surface area contributed by atoms with Crippen molar-refractivity contribution in [1.82, 2.24) is 20.1 Å². The van der Waals surface area contributed by atoms with Crippen molar-refractivity contribution in [2.45, 2.75) is 19.0 Å². The highest BCUT2D eigenvalue weighted by molar-refractivity contribution is 6.38. The predicted octanol–water partition coefficient (Wildman–Crippen LogP) is 2.89. The summed E-state index contributed by atoms with van der Waals surface area (Å²) in [6, 6.07) is 15.9. The fourth-order valence-corrected chi connectivity index (χ4v) is 3.56. The van der Waals surface area contributed by atoms with Crippen LogP contribution in [0.3, 0.4) is 0 Å². The molecule has 3 N–H and O–H groups in total. The van der Waals surface area contributed by atoms with Gasteiger partial charge in [-0.2, -0.15) is 13.9 Å². The summed E-state index contributed by atoms with van der Waals surface area (Å²) in [6.07, 6.45) is 2.51. The van der Waals surface area contributed by atoms with Gasteiger partial charge in [0.2, 0.25) is 5.78 Å². The normalized spacial score (nSPS) is 12.0. The van der Waals surface area contributed by atoms with Gasteiger partial charge in [0.25, 0.3) is 11.8 Å². The summed E-state index contributed by atoms with van der Waals surface area (Å²) in [6.45, 7) is -2.99. The molecular formula is C24H19F2N5O3. The minimum Gasteiger partial charge on any atom is -0.363 e. The maximum Gasteiger partial charge on any atom is 0.333 e. The first-order chi connectivity index (χ1) is 16.3. The second-order valence-electron chi connectivity index (χ2n) is 7.50. The van der Waals surface area contributed by atoms with Crippen LogP contribution in [0.1, 0.15) is 22.5 Å². The summed E-state index contributed by atoms with van der Waals surface area (Å²) in [7, 11) is 0. The number of hydrogen-bond donors (Lipinski definition) is 2. The fourth-order valence-electron chi connectivity index (χ4n) is 3.56. The van der Waals surface area contributed by atoms with Gasteiger partial charge < -0.3 is 11.1 Å². The Hall–Kier alpha value is -4.47. The molecule has 4 rings (SSSR count). The second kappa shape index (κ2) is 9.57. The van der Waals surface area contributed by atoms with Crippen LogP contribution in [0.25, 0.3) is 22.2 Å². The number of rotatable bonds is 8. The van der Waals surface area contributed by atoms with E-state index in [4.69, 9.17) is 5.73 Å². The predicted molar refractivity (Wildman–Crippen MR) is 120 cm³/mol. The number of carbonyl (C=O) groups is 3. The SMILES string of the molecule is NC(=O)C(=O)C(Cc1ccccc1)NC(=O)c1cn(C(F)F)nc1-c1ccc2ncccc2c1. The second-order valence-corrected chi connectivity index (χ2v) is 7.50. The topological polar surface area (TPSA) is 120 Å². The smallest absolute Gasteiger partial charge is 0.333 e. The van der Waals surface area contributed by atoms with E-state index in [9.17, 15) is 23.2 Å². The van der Waals surface area contributed by atoms with E-state index in [1.807, 2.05) is 0 Å². The average molecular weight is 463 g/mol. The molecule has 1 atom stereocenters. The third kappa shape index (κ3) is 4.80. The molecule has 8 nitrogen and oxygen atoms in total. The molecule has 0 spiro atoms. The van der Waals surface area contributed by atoms with Crippen LogP contribution >= 0.6 is 0 Å². The van der Waals surface area contributed by atoms with Crippen molar-refractivity contribution < 1.29 is 23.2 Å². The number of ketones is 1. The van der Waals surface area contributed by atoms with Gasteiger partial charge in [0, 0.05) is 29.8 Å². The van der Waals surface area contributed by atoms with Crippen molar-refractivity contribution in [3.63, 3.8) is 0 Å². The van der Waals surface area contributed by atoms with Crippen LogP contribution in [0, 0.1) is 0 Å². The number of nitrogens with one attached hydrogen (secondary N) is 1. The molecule has 34 heavy (non-hydrogen) atoms. The van der Waals surface area contributed by atoms with Crippen molar-refractivity contribution >= 4 is 28.5 Å². The molecule has 172 valence electrons. The van der Waals surface area contributed by atoms with Crippen molar-refractivity contribution in [3.8, 4) is 11.3 Å². The largest absolute Gasteiger partial charge is 0.363 e. The number of aromatic nitrogens is 3. The Bertz CT molecular complexity index is 1370. The first kappa shape index (κ1) is 22.7. The number of nitrogens with two attached hydrogens (primary N) is 1. The first-order valence-electron chi connectivity index (χ1n) is 10.2. The third-order valence-electron chi connectivity index (χ3n) is 5.20. The Morgan fingerprint density at radius 3 is 2.50 bits per heavy atom. The zero-order valence-corrected chi connectivity index (χ0v) is 17.7. The number of nitrogens with zero attached hydrogens (tertiary/aromatic N) is 3. The number of amides is 2. The molecule has 2 heterocycles. The Balaban J connectivity index is 1.70. The van der Waals surface area contributed by atoms with Crippen molar-refractivity contribution in [1.29, 1.82) is 0 Å². The summed E-state index contributed by atoms with van der Waals surface area (Å²) in [5.41, 5.74) is 6.74. The van der Waals surface area contributed by atoms with Gasteiger partial charge >= 0.3 is 6.55 Å². The van der Waals surface area contributed by atoms with Crippen molar-refractivity contribution in [2.75, 3.05) is 0 Å². The van der Waals surface area contributed by atoms with Crippen molar-refractivity contribution in [2.24, 2.45) is 5.73 Å². The van der Waals surface area contributed by atoms with Crippen LogP contribution in [0.2, 0.25) is 0 Å². The summed E-state index contributed by atoms with van der Waals surface area (Å²) >= 11 is 0. The summed E-state index contributed by atoms with van der Waals surface area (Å²) in [5, 5.41) is 7.08. The molecule has 1 unspecified atom stereocenters. The quantitative estimate of drug-likeness (QED) is 0.390. The van der Waals surface area contributed by atoms with Crippen LogP contribution in [-0.2, 0) is 16.0 Å². The van der Waals surface area contributed by atoms with E-state index in [2.05, 4.69) is 15.4 Å². The van der Waals surface area contributed by atoms with E-state index in [0.29, 0.717) is 21.3 Å². The minimum atomic E-state index is -2.99. The van der Waals surface area contributed by atoms with Crippen LogP contribution in [0.4, 0.5) is 8.78 Å². The Morgan fingerprint density at radius 1 is 1.03 bits per heavy atom. The zero-order valence-electron chi connectivity index (χ0n) is 17.7. The van der Waals surface area contributed by atoms with Gasteiger partial charge in [0.1, 0.15) is 11.7 Å². The molecule has 2 amide bonds. The number of hydrogen-bond acceptors (Lipinski definition) is 5. The third-order valence-corrected chi connectivity index (χ3v) is 5.20. The number of fused-ring (bicyclic) bond motifs is 1. The maximum absolute atomic E-state index is 13.4. The van der Waals surface area contributed by atoms with Gasteiger partial charge in [-0.25, -0.2) is 4.68 Å². The number of halogens is 2. The summed E-state index contributed by atoms with van der Waals surface area (Å²) in [4.78, 5) is 41.3. The number of benzene rings is 2. The molecule has 2 aromatic carbocycles. The highest BCUT2D eigenvalue weighted by atomic mass is 19.3. The molecule has 0 aliphatic heterocycles. The Labute approximate surface area is 192 Å². The molecule has 0 aliphatic rings. The van der Waals surface area contributed by atoms with E-state index in [1.54, 1.807) is 66.9 Å². The molecule has 0 fully saturated rings. The number of alkyl halides is 2. The molecule has 4 aromatic rings. The molecule has 0 saturated heterocycles. The Kier molecular flexibility index (Phi) is 6.39. The number of Topliss-reactive ketones (excluding diaryl/α,β-unsaturated/α-hetero) is 1. The van der Waals surface area contributed by atoms with Crippen LogP contribution in [0.15, 0.2) is 73.1 Å². The van der Waals surface area contributed by atoms with E-state index < -0.39 is 30.2 Å². The lowest BCUT2D eigenvalue weighted by molar-refractivity contribution is -0.137. The van der Waals surface area contributed by atoms with Gasteiger partial charge in [0.15, 0.2) is 0 Å². The van der Waals surface area contributed by atoms with Crippen LogP contribution in [0.5, 0.6) is 0 Å². The van der Waals surface area contributed by atoms with Gasteiger partial charge in [-0.3, -0.25) is 19.4 Å². The van der Waals surface area contributed by atoms with Gasteiger partial charge in [-0.05, 0) is 23.8 Å².